The molecule has 59 heavy (non-hydrogen) atoms. The number of aliphatic hydroxyl groups is 5. The van der Waals surface area contributed by atoms with Gasteiger partial charge in [-0.1, -0.05) is 132 Å². The second kappa shape index (κ2) is 35.2. The van der Waals surface area contributed by atoms with Crippen molar-refractivity contribution in [2.45, 2.75) is 198 Å². The first-order chi connectivity index (χ1) is 28.4. The van der Waals surface area contributed by atoms with Crippen LogP contribution in [0, 0.1) is 0 Å². The molecule has 8 atom stereocenters. The average molecular weight is 857 g/mol. The molecule has 0 amide bonds. The fourth-order valence-electron chi connectivity index (χ4n) is 6.26. The van der Waals surface area contributed by atoms with Gasteiger partial charge in [0.2, 0.25) is 0 Å². The summed E-state index contributed by atoms with van der Waals surface area (Å²) in [4.78, 5) is 35.6. The van der Waals surface area contributed by atoms with Gasteiger partial charge in [0.1, 0.15) is 43.2 Å². The molecular weight excluding hydrogens is 779 g/mol. The molecule has 14 heteroatoms. The average Bonchev–Trinajstić information content (AvgIpc) is 3.21. The molecule has 0 spiro atoms. The molecule has 1 aliphatic rings. The first kappa shape index (κ1) is 54.6. The molecule has 0 aliphatic heterocycles. The lowest BCUT2D eigenvalue weighted by atomic mass is 9.85. The lowest BCUT2D eigenvalue weighted by Gasteiger charge is -2.41. The number of carbonyl (C=O) groups excluding carboxylic acids is 2. The Balaban J connectivity index is 2.51. The van der Waals surface area contributed by atoms with Gasteiger partial charge in [0.05, 0.1) is 6.61 Å². The lowest BCUT2D eigenvalue weighted by Crippen LogP contribution is -2.64. The van der Waals surface area contributed by atoms with Crippen LogP contribution in [-0.2, 0) is 32.7 Å². The van der Waals surface area contributed by atoms with Crippen LogP contribution in [0.25, 0.3) is 0 Å². The Morgan fingerprint density at radius 1 is 0.542 bits per heavy atom. The molecular formula is C45H77O13P. The molecule has 1 aliphatic carbocycles. The van der Waals surface area contributed by atoms with Crippen molar-refractivity contribution in [2.75, 3.05) is 13.2 Å². The maximum absolute atomic E-state index is 12.8. The summed E-state index contributed by atoms with van der Waals surface area (Å²) in [5.74, 6) is -1.16. The van der Waals surface area contributed by atoms with E-state index < -0.39 is 75.7 Å². The smallest absolute Gasteiger partial charge is 0.462 e. The fourth-order valence-corrected chi connectivity index (χ4v) is 7.23. The zero-order valence-corrected chi connectivity index (χ0v) is 36.7. The normalized spacial score (nSPS) is 22.9. The van der Waals surface area contributed by atoms with Gasteiger partial charge in [0, 0.05) is 12.8 Å². The number of allylic oxidation sites excluding steroid dienone is 10. The zero-order valence-electron chi connectivity index (χ0n) is 35.8. The van der Waals surface area contributed by atoms with E-state index in [9.17, 15) is 44.6 Å². The highest BCUT2D eigenvalue weighted by Gasteiger charge is 2.51. The summed E-state index contributed by atoms with van der Waals surface area (Å²) in [6.07, 6.45) is 28.5. The summed E-state index contributed by atoms with van der Waals surface area (Å²) in [6.45, 7) is 3.10. The number of phosphoric acid groups is 1. The summed E-state index contributed by atoms with van der Waals surface area (Å²) in [5.41, 5.74) is 0. The highest BCUT2D eigenvalue weighted by atomic mass is 31.2. The highest BCUT2D eigenvalue weighted by molar-refractivity contribution is 7.47. The van der Waals surface area contributed by atoms with Gasteiger partial charge in [-0.2, -0.15) is 0 Å². The number of ether oxygens (including phenoxy) is 2. The van der Waals surface area contributed by atoms with Crippen LogP contribution in [-0.4, -0.2) is 98.3 Å². The number of aliphatic hydroxyl groups excluding tert-OH is 5. The molecule has 0 saturated heterocycles. The summed E-state index contributed by atoms with van der Waals surface area (Å²) < 4.78 is 33.4. The van der Waals surface area contributed by atoms with Crippen LogP contribution in [0.2, 0.25) is 0 Å². The maximum Gasteiger partial charge on any atom is 0.472 e. The molecule has 0 radical (unpaired) electrons. The van der Waals surface area contributed by atoms with Crippen LogP contribution < -0.4 is 0 Å². The van der Waals surface area contributed by atoms with Gasteiger partial charge < -0.3 is 39.9 Å². The van der Waals surface area contributed by atoms with Crippen LogP contribution in [0.5, 0.6) is 0 Å². The van der Waals surface area contributed by atoms with Crippen LogP contribution >= 0.6 is 7.82 Å². The van der Waals surface area contributed by atoms with Gasteiger partial charge in [-0.05, 0) is 70.6 Å². The van der Waals surface area contributed by atoms with Crippen LogP contribution in [0.3, 0.4) is 0 Å². The van der Waals surface area contributed by atoms with E-state index in [0.717, 1.165) is 70.6 Å². The van der Waals surface area contributed by atoms with Gasteiger partial charge in [0.25, 0.3) is 0 Å². The van der Waals surface area contributed by atoms with E-state index in [1.54, 1.807) is 0 Å². The molecule has 6 unspecified atom stereocenters. The second-order valence-corrected chi connectivity index (χ2v) is 16.6. The van der Waals surface area contributed by atoms with Crippen molar-refractivity contribution in [3.8, 4) is 0 Å². The van der Waals surface area contributed by atoms with E-state index in [2.05, 4.69) is 74.6 Å². The van der Waals surface area contributed by atoms with Crippen LogP contribution in [0.1, 0.15) is 155 Å². The number of carbonyl (C=O) groups is 2. The van der Waals surface area contributed by atoms with Gasteiger partial charge in [0.15, 0.2) is 6.10 Å². The standard InChI is InChI=1S/C45H77O13P/c1-3-5-7-9-11-13-15-17-19-21-23-25-27-29-31-33-38(46)55-35-37(36-56-59(53,54)58-45-43(51)41(49)40(48)42(50)44(45)52)57-39(47)34-32-30-28-26-24-22-20-18-16-14-12-10-8-6-4-2/h5,7,10-13,17,19,23,25,37,40-45,48-52H,3-4,6,8-9,14-16,18,20-22,24,26-36H2,1-2H3,(H,53,54)/b7-5+,12-10+,13-11+,19-17+,25-23+/t37-,40?,41-,42?,43?,44?,45?/m1/s1. The third-order valence-electron chi connectivity index (χ3n) is 9.84. The third-order valence-corrected chi connectivity index (χ3v) is 10.8. The molecule has 13 nitrogen and oxygen atoms in total. The molecule has 0 heterocycles. The number of esters is 2. The minimum atomic E-state index is -5.13. The Bertz CT molecular complexity index is 1270. The Morgan fingerprint density at radius 3 is 1.53 bits per heavy atom. The molecule has 1 saturated carbocycles. The van der Waals surface area contributed by atoms with Crippen LogP contribution in [0.4, 0.5) is 0 Å². The molecule has 1 fully saturated rings. The van der Waals surface area contributed by atoms with E-state index >= 15 is 0 Å². The molecule has 0 bridgehead atoms. The van der Waals surface area contributed by atoms with Crippen molar-refractivity contribution < 1.29 is 63.1 Å². The van der Waals surface area contributed by atoms with Crippen molar-refractivity contribution in [3.63, 3.8) is 0 Å². The predicted octanol–water partition coefficient (Wildman–Crippen LogP) is 8.16. The van der Waals surface area contributed by atoms with Gasteiger partial charge in [-0.3, -0.25) is 18.6 Å². The summed E-state index contributed by atoms with van der Waals surface area (Å²) in [7, 11) is -5.13. The molecule has 6 N–H and O–H groups in total. The van der Waals surface area contributed by atoms with E-state index in [-0.39, 0.29) is 12.8 Å². The Kier molecular flexibility index (Phi) is 32.5. The van der Waals surface area contributed by atoms with E-state index in [1.165, 1.54) is 44.9 Å². The van der Waals surface area contributed by atoms with Gasteiger partial charge in [-0.15, -0.1) is 0 Å². The van der Waals surface area contributed by atoms with Crippen LogP contribution in [0.15, 0.2) is 60.8 Å². The quantitative estimate of drug-likeness (QED) is 0.0154. The van der Waals surface area contributed by atoms with Crippen molar-refractivity contribution in [1.29, 1.82) is 0 Å². The van der Waals surface area contributed by atoms with Crippen molar-refractivity contribution in [1.82, 2.24) is 0 Å². The SMILES string of the molecule is CC/C=C/C/C=C/C/C=C/C/C=C/CCCCC(=O)OC[C@H](COP(=O)(O)OC1C(O)C(O)C(O)[C@@H](O)C1O)OC(=O)CCCCCCCCCCC/C=C/CCCC. The molecule has 1 rings (SSSR count). The van der Waals surface area contributed by atoms with Gasteiger partial charge in [-0.25, -0.2) is 4.57 Å². The fraction of sp³-hybridized carbons (Fsp3) is 0.733. The number of unbranched alkanes of at least 4 members (excludes halogenated alkanes) is 13. The minimum absolute atomic E-state index is 0.0827. The largest absolute Gasteiger partial charge is 0.472 e. The molecule has 0 aromatic rings. The van der Waals surface area contributed by atoms with Crippen molar-refractivity contribution in [2.24, 2.45) is 0 Å². The summed E-state index contributed by atoms with van der Waals surface area (Å²) in [5, 5.41) is 50.1. The maximum atomic E-state index is 12.8. The van der Waals surface area contributed by atoms with E-state index in [1.807, 2.05) is 0 Å². The first-order valence-electron chi connectivity index (χ1n) is 22.1. The number of phosphoric ester groups is 1. The Morgan fingerprint density at radius 2 is 0.966 bits per heavy atom. The lowest BCUT2D eigenvalue weighted by molar-refractivity contribution is -0.220. The van der Waals surface area contributed by atoms with Crippen molar-refractivity contribution in [3.05, 3.63) is 60.8 Å². The number of hydrogen-bond acceptors (Lipinski definition) is 12. The van der Waals surface area contributed by atoms with Gasteiger partial charge >= 0.3 is 19.8 Å². The summed E-state index contributed by atoms with van der Waals surface area (Å²) in [6, 6.07) is 0. The van der Waals surface area contributed by atoms with E-state index in [4.69, 9.17) is 18.5 Å². The second-order valence-electron chi connectivity index (χ2n) is 15.2. The van der Waals surface area contributed by atoms with E-state index in [0.29, 0.717) is 12.8 Å². The Labute approximate surface area is 353 Å². The molecule has 340 valence electrons. The predicted molar refractivity (Wildman–Crippen MR) is 230 cm³/mol. The summed E-state index contributed by atoms with van der Waals surface area (Å²) >= 11 is 0. The van der Waals surface area contributed by atoms with Crippen molar-refractivity contribution >= 4 is 19.8 Å². The molecule has 0 aromatic heterocycles. The monoisotopic (exact) mass is 857 g/mol. The Hall–Kier alpha value is -2.45. The third kappa shape index (κ3) is 27.9. The number of rotatable bonds is 35. The minimum Gasteiger partial charge on any atom is -0.462 e. The molecule has 0 aromatic carbocycles. The number of hydrogen-bond donors (Lipinski definition) is 6. The zero-order chi connectivity index (χ0) is 43.6. The highest BCUT2D eigenvalue weighted by Crippen LogP contribution is 2.47. The first-order valence-corrected chi connectivity index (χ1v) is 23.6. The topological polar surface area (TPSA) is 210 Å².